The number of nitrogens with two attached hydrogens (primary N) is 1. The third kappa shape index (κ3) is 2.19. The van der Waals surface area contributed by atoms with Crippen LogP contribution < -0.4 is 5.73 Å². The molecular weight excluding hydrogens is 214 g/mol. The Kier molecular flexibility index (Phi) is 2.77. The molecule has 1 aliphatic heterocycles. The van der Waals surface area contributed by atoms with E-state index in [2.05, 4.69) is 0 Å². The van der Waals surface area contributed by atoms with Gasteiger partial charge in [0, 0.05) is 0 Å². The molecule has 1 aromatic heterocycles. The molecule has 0 aliphatic carbocycles. The second-order valence-electron chi connectivity index (χ2n) is 3.55. The van der Waals surface area contributed by atoms with Gasteiger partial charge in [-0.05, 0) is 19.1 Å². The number of rotatable bonds is 3. The zero-order valence-corrected chi connectivity index (χ0v) is 9.30. The minimum atomic E-state index is -0.755. The Morgan fingerprint density at radius 1 is 1.47 bits per heavy atom. The molecule has 2 heterocycles. The van der Waals surface area contributed by atoms with Gasteiger partial charge in [-0.3, -0.25) is 0 Å². The van der Waals surface area contributed by atoms with E-state index in [0.29, 0.717) is 30.4 Å². The summed E-state index contributed by atoms with van der Waals surface area (Å²) in [5.74, 6) is 0.637. The van der Waals surface area contributed by atoms with Gasteiger partial charge < -0.3 is 19.6 Å². The van der Waals surface area contributed by atoms with Gasteiger partial charge in [-0.2, -0.15) is 0 Å². The van der Waals surface area contributed by atoms with Crippen LogP contribution >= 0.6 is 12.2 Å². The number of furan rings is 1. The van der Waals surface area contributed by atoms with Gasteiger partial charge in [0.1, 0.15) is 5.76 Å². The van der Waals surface area contributed by atoms with Gasteiger partial charge in [0.05, 0.1) is 24.6 Å². The predicted octanol–water partition coefficient (Wildman–Crippen LogP) is 1.33. The van der Waals surface area contributed by atoms with E-state index in [1.54, 1.807) is 0 Å². The van der Waals surface area contributed by atoms with E-state index in [4.69, 9.17) is 31.8 Å². The Hall–Kier alpha value is -0.910. The lowest BCUT2D eigenvalue weighted by Crippen LogP contribution is -2.21. The van der Waals surface area contributed by atoms with Crippen molar-refractivity contribution >= 4 is 17.2 Å². The first-order valence-electron chi connectivity index (χ1n) is 4.75. The van der Waals surface area contributed by atoms with E-state index in [9.17, 15) is 0 Å². The van der Waals surface area contributed by atoms with Crippen molar-refractivity contribution in [1.82, 2.24) is 0 Å². The normalized spacial score (nSPS) is 19.3. The SMILES string of the molecule is CC1(c2ccc(CC(N)=S)o2)OCCO1. The van der Waals surface area contributed by atoms with Crippen LogP contribution in [-0.2, 0) is 21.7 Å². The number of ether oxygens (including phenoxy) is 2. The molecule has 0 spiro atoms. The summed E-state index contributed by atoms with van der Waals surface area (Å²) in [7, 11) is 0. The molecule has 1 aliphatic rings. The van der Waals surface area contributed by atoms with E-state index < -0.39 is 5.79 Å². The van der Waals surface area contributed by atoms with Gasteiger partial charge in [0.25, 0.3) is 0 Å². The van der Waals surface area contributed by atoms with Gasteiger partial charge in [-0.15, -0.1) is 0 Å². The van der Waals surface area contributed by atoms with Gasteiger partial charge in [0.2, 0.25) is 5.79 Å². The molecule has 4 nitrogen and oxygen atoms in total. The van der Waals surface area contributed by atoms with E-state index in [1.807, 2.05) is 19.1 Å². The van der Waals surface area contributed by atoms with Crippen LogP contribution in [0, 0.1) is 0 Å². The molecular formula is C10H13NO3S. The first-order chi connectivity index (χ1) is 7.10. The minimum Gasteiger partial charge on any atom is -0.460 e. The van der Waals surface area contributed by atoms with Crippen LogP contribution in [0.3, 0.4) is 0 Å². The molecule has 1 fully saturated rings. The molecule has 0 unspecified atom stereocenters. The number of hydrogen-bond acceptors (Lipinski definition) is 4. The summed E-state index contributed by atoms with van der Waals surface area (Å²) in [6.07, 6.45) is 0.464. The average molecular weight is 227 g/mol. The Balaban J connectivity index is 2.15. The van der Waals surface area contributed by atoms with Crippen LogP contribution in [0.1, 0.15) is 18.4 Å². The summed E-state index contributed by atoms with van der Waals surface area (Å²) in [5.41, 5.74) is 5.43. The highest BCUT2D eigenvalue weighted by molar-refractivity contribution is 7.80. The highest BCUT2D eigenvalue weighted by atomic mass is 32.1. The van der Waals surface area contributed by atoms with Crippen molar-refractivity contribution in [2.45, 2.75) is 19.1 Å². The summed E-state index contributed by atoms with van der Waals surface area (Å²) in [4.78, 5) is 0.411. The van der Waals surface area contributed by atoms with E-state index in [0.717, 1.165) is 5.76 Å². The average Bonchev–Trinajstić information content (AvgIpc) is 2.74. The lowest BCUT2D eigenvalue weighted by Gasteiger charge is -2.18. The maximum Gasteiger partial charge on any atom is 0.225 e. The summed E-state index contributed by atoms with van der Waals surface area (Å²) < 4.78 is 16.5. The lowest BCUT2D eigenvalue weighted by atomic mass is 10.2. The zero-order chi connectivity index (χ0) is 10.9. The van der Waals surface area contributed by atoms with Gasteiger partial charge in [-0.1, -0.05) is 12.2 Å². The van der Waals surface area contributed by atoms with Crippen molar-refractivity contribution in [2.75, 3.05) is 13.2 Å². The van der Waals surface area contributed by atoms with E-state index >= 15 is 0 Å². The van der Waals surface area contributed by atoms with Crippen LogP contribution in [0.4, 0.5) is 0 Å². The first-order valence-corrected chi connectivity index (χ1v) is 5.16. The van der Waals surface area contributed by atoms with Crippen LogP contribution in [0.2, 0.25) is 0 Å². The van der Waals surface area contributed by atoms with Crippen molar-refractivity contribution in [3.05, 3.63) is 23.7 Å². The fourth-order valence-corrected chi connectivity index (χ4v) is 1.69. The fourth-order valence-electron chi connectivity index (χ4n) is 1.55. The molecule has 0 aromatic carbocycles. The molecule has 0 radical (unpaired) electrons. The molecule has 5 heteroatoms. The highest BCUT2D eigenvalue weighted by Gasteiger charge is 2.36. The Bertz CT molecular complexity index is 368. The van der Waals surface area contributed by atoms with E-state index in [1.165, 1.54) is 0 Å². The van der Waals surface area contributed by atoms with Crippen LogP contribution in [-0.4, -0.2) is 18.2 Å². The van der Waals surface area contributed by atoms with Gasteiger partial charge >= 0.3 is 0 Å². The Morgan fingerprint density at radius 3 is 2.73 bits per heavy atom. The summed E-state index contributed by atoms with van der Waals surface area (Å²) in [6, 6.07) is 3.67. The minimum absolute atomic E-state index is 0.411. The summed E-state index contributed by atoms with van der Waals surface area (Å²) >= 11 is 4.80. The molecule has 82 valence electrons. The molecule has 0 amide bonds. The van der Waals surface area contributed by atoms with Crippen LogP contribution in [0.15, 0.2) is 16.5 Å². The monoisotopic (exact) mass is 227 g/mol. The molecule has 0 atom stereocenters. The second kappa shape index (κ2) is 3.92. The molecule has 15 heavy (non-hydrogen) atoms. The number of hydrogen-bond donors (Lipinski definition) is 1. The number of thiocarbonyl (C=S) groups is 1. The van der Waals surface area contributed by atoms with Crippen molar-refractivity contribution in [1.29, 1.82) is 0 Å². The molecule has 0 saturated carbocycles. The quantitative estimate of drug-likeness (QED) is 0.789. The van der Waals surface area contributed by atoms with Crippen molar-refractivity contribution in [3.8, 4) is 0 Å². The maximum absolute atomic E-state index is 5.56. The van der Waals surface area contributed by atoms with Crippen LogP contribution in [0.25, 0.3) is 0 Å². The third-order valence-electron chi connectivity index (χ3n) is 2.30. The Morgan fingerprint density at radius 2 is 2.13 bits per heavy atom. The topological polar surface area (TPSA) is 57.6 Å². The highest BCUT2D eigenvalue weighted by Crippen LogP contribution is 2.31. The smallest absolute Gasteiger partial charge is 0.225 e. The molecule has 2 rings (SSSR count). The van der Waals surface area contributed by atoms with Gasteiger partial charge in [-0.25, -0.2) is 0 Å². The summed E-state index contributed by atoms with van der Waals surface area (Å²) in [5, 5.41) is 0. The summed E-state index contributed by atoms with van der Waals surface area (Å²) in [6.45, 7) is 3.01. The molecule has 0 bridgehead atoms. The fraction of sp³-hybridized carbons (Fsp3) is 0.500. The molecule has 1 aromatic rings. The molecule has 2 N–H and O–H groups in total. The predicted molar refractivity (Wildman–Crippen MR) is 58.5 cm³/mol. The second-order valence-corrected chi connectivity index (χ2v) is 4.08. The first kappa shape index (κ1) is 10.6. The van der Waals surface area contributed by atoms with Gasteiger partial charge in [0.15, 0.2) is 5.76 Å². The van der Waals surface area contributed by atoms with Crippen molar-refractivity contribution < 1.29 is 13.9 Å². The standard InChI is InChI=1S/C10H13NO3S/c1-10(12-4-5-13-10)8-3-2-7(14-8)6-9(11)15/h2-3H,4-6H2,1H3,(H2,11,15). The molecule has 1 saturated heterocycles. The Labute approximate surface area is 93.3 Å². The van der Waals surface area contributed by atoms with Crippen LogP contribution in [0.5, 0.6) is 0 Å². The van der Waals surface area contributed by atoms with Crippen molar-refractivity contribution in [2.24, 2.45) is 5.73 Å². The third-order valence-corrected chi connectivity index (χ3v) is 2.44. The van der Waals surface area contributed by atoms with Crippen molar-refractivity contribution in [3.63, 3.8) is 0 Å². The zero-order valence-electron chi connectivity index (χ0n) is 8.49. The van der Waals surface area contributed by atoms with E-state index in [-0.39, 0.29) is 0 Å². The maximum atomic E-state index is 5.56. The lowest BCUT2D eigenvalue weighted by molar-refractivity contribution is -0.163. The largest absolute Gasteiger partial charge is 0.460 e.